The van der Waals surface area contributed by atoms with Gasteiger partial charge in [0.05, 0.1) is 11.3 Å². The van der Waals surface area contributed by atoms with Crippen molar-refractivity contribution in [2.75, 3.05) is 0 Å². The zero-order valence-electron chi connectivity index (χ0n) is 13.6. The molecule has 0 unspecified atom stereocenters. The van der Waals surface area contributed by atoms with Gasteiger partial charge in [-0.25, -0.2) is 9.78 Å². The molecule has 0 N–H and O–H groups in total. The zero-order chi connectivity index (χ0) is 18.1. The van der Waals surface area contributed by atoms with Gasteiger partial charge in [0.2, 0.25) is 0 Å². The zero-order valence-corrected chi connectivity index (χ0v) is 15.1. The highest BCUT2D eigenvalue weighted by atomic mass is 79.9. The summed E-state index contributed by atoms with van der Waals surface area (Å²) in [7, 11) is 0. The topological polar surface area (TPSA) is 60.7 Å². The minimum atomic E-state index is -0.450. The maximum atomic E-state index is 12.3. The molecular weight excluding hydrogens is 396 g/mol. The Hall–Kier alpha value is -2.99. The average molecular weight is 409 g/mol. The quantitative estimate of drug-likeness (QED) is 0.481. The number of pyridine rings is 1. The summed E-state index contributed by atoms with van der Waals surface area (Å²) in [4.78, 5) is 28.8. The van der Waals surface area contributed by atoms with Crippen molar-refractivity contribution in [2.45, 2.75) is 6.61 Å². The molecule has 2 aromatic heterocycles. The highest BCUT2D eigenvalue weighted by Gasteiger charge is 2.10. The Morgan fingerprint density at radius 3 is 2.69 bits per heavy atom. The molecule has 4 aromatic rings. The second kappa shape index (κ2) is 6.72. The fourth-order valence-electron chi connectivity index (χ4n) is 2.74. The van der Waals surface area contributed by atoms with E-state index in [0.29, 0.717) is 16.9 Å². The lowest BCUT2D eigenvalue weighted by molar-refractivity contribution is 0.0468. The van der Waals surface area contributed by atoms with Crippen LogP contribution in [0.5, 0.6) is 0 Å². The minimum Gasteiger partial charge on any atom is -0.456 e. The number of fused-ring (bicyclic) bond motifs is 2. The van der Waals surface area contributed by atoms with E-state index in [2.05, 4.69) is 20.9 Å². The van der Waals surface area contributed by atoms with Gasteiger partial charge in [0.25, 0.3) is 5.56 Å². The van der Waals surface area contributed by atoms with Crippen LogP contribution in [0.1, 0.15) is 16.1 Å². The van der Waals surface area contributed by atoms with Crippen molar-refractivity contribution >= 4 is 38.3 Å². The Labute approximate surface area is 157 Å². The first-order chi connectivity index (χ1) is 12.6. The van der Waals surface area contributed by atoms with E-state index in [0.717, 1.165) is 15.2 Å². The van der Waals surface area contributed by atoms with Crippen LogP contribution in [-0.2, 0) is 11.3 Å². The molecule has 0 spiro atoms. The molecule has 128 valence electrons. The molecule has 2 aromatic carbocycles. The van der Waals surface area contributed by atoms with E-state index in [1.807, 2.05) is 30.3 Å². The van der Waals surface area contributed by atoms with Crippen molar-refractivity contribution in [1.82, 2.24) is 9.38 Å². The molecule has 4 rings (SSSR count). The molecule has 0 atom stereocenters. The van der Waals surface area contributed by atoms with Gasteiger partial charge in [0.15, 0.2) is 0 Å². The molecule has 0 amide bonds. The lowest BCUT2D eigenvalue weighted by Gasteiger charge is -2.07. The summed E-state index contributed by atoms with van der Waals surface area (Å²) in [5.74, 6) is -0.450. The molecule has 0 bridgehead atoms. The Morgan fingerprint density at radius 1 is 1.04 bits per heavy atom. The number of rotatable bonds is 3. The van der Waals surface area contributed by atoms with E-state index in [9.17, 15) is 9.59 Å². The van der Waals surface area contributed by atoms with Crippen molar-refractivity contribution in [3.63, 3.8) is 0 Å². The van der Waals surface area contributed by atoms with Crippen LogP contribution in [0.25, 0.3) is 16.4 Å². The molecule has 2 heterocycles. The number of aromatic nitrogens is 2. The van der Waals surface area contributed by atoms with Crippen molar-refractivity contribution < 1.29 is 9.53 Å². The molecule has 0 fully saturated rings. The lowest BCUT2D eigenvalue weighted by Crippen LogP contribution is -2.16. The Morgan fingerprint density at radius 2 is 1.85 bits per heavy atom. The van der Waals surface area contributed by atoms with Crippen LogP contribution >= 0.6 is 15.9 Å². The highest BCUT2D eigenvalue weighted by Crippen LogP contribution is 2.16. The Bertz CT molecular complexity index is 1200. The third-order valence-corrected chi connectivity index (χ3v) is 4.48. The van der Waals surface area contributed by atoms with Crippen LogP contribution in [-0.4, -0.2) is 15.4 Å². The molecular formula is C20H13BrN2O3. The first kappa shape index (κ1) is 16.5. The molecule has 26 heavy (non-hydrogen) atoms. The number of nitrogens with zero attached hydrogens (tertiary/aromatic N) is 2. The second-order valence-electron chi connectivity index (χ2n) is 5.80. The van der Waals surface area contributed by atoms with E-state index >= 15 is 0 Å². The van der Waals surface area contributed by atoms with E-state index < -0.39 is 5.97 Å². The molecule has 6 heteroatoms. The highest BCUT2D eigenvalue weighted by molar-refractivity contribution is 9.10. The average Bonchev–Trinajstić information content (AvgIpc) is 2.66. The molecule has 0 saturated carbocycles. The maximum Gasteiger partial charge on any atom is 0.338 e. The van der Waals surface area contributed by atoms with Gasteiger partial charge in [-0.2, -0.15) is 0 Å². The second-order valence-corrected chi connectivity index (χ2v) is 6.71. The van der Waals surface area contributed by atoms with Gasteiger partial charge in [-0.05, 0) is 51.0 Å². The normalized spacial score (nSPS) is 11.0. The van der Waals surface area contributed by atoms with Gasteiger partial charge in [-0.1, -0.05) is 30.3 Å². The van der Waals surface area contributed by atoms with Gasteiger partial charge >= 0.3 is 5.97 Å². The van der Waals surface area contributed by atoms with Crippen molar-refractivity contribution in [3.8, 4) is 0 Å². The smallest absolute Gasteiger partial charge is 0.338 e. The minimum absolute atomic E-state index is 0.0620. The number of hydrogen-bond acceptors (Lipinski definition) is 4. The first-order valence-electron chi connectivity index (χ1n) is 7.94. The molecule has 0 radical (unpaired) electrons. The van der Waals surface area contributed by atoms with Crippen molar-refractivity contribution in [1.29, 1.82) is 0 Å². The van der Waals surface area contributed by atoms with Gasteiger partial charge in [0.1, 0.15) is 12.3 Å². The van der Waals surface area contributed by atoms with Crippen molar-refractivity contribution in [2.24, 2.45) is 0 Å². The summed E-state index contributed by atoms with van der Waals surface area (Å²) in [6.45, 7) is -0.0620. The van der Waals surface area contributed by atoms with Gasteiger partial charge in [0, 0.05) is 16.7 Å². The summed E-state index contributed by atoms with van der Waals surface area (Å²) in [6, 6.07) is 18.1. The summed E-state index contributed by atoms with van der Waals surface area (Å²) in [6.07, 6.45) is 1.65. The van der Waals surface area contributed by atoms with Crippen molar-refractivity contribution in [3.05, 3.63) is 92.9 Å². The van der Waals surface area contributed by atoms with Crippen LogP contribution < -0.4 is 5.56 Å². The number of benzene rings is 2. The predicted molar refractivity (Wildman–Crippen MR) is 102 cm³/mol. The summed E-state index contributed by atoms with van der Waals surface area (Å²) in [5, 5.41) is 2.02. The Balaban J connectivity index is 1.56. The lowest BCUT2D eigenvalue weighted by atomic mass is 10.1. The van der Waals surface area contributed by atoms with Gasteiger partial charge in [-0.15, -0.1) is 0 Å². The third-order valence-electron chi connectivity index (χ3n) is 4.01. The van der Waals surface area contributed by atoms with Crippen LogP contribution in [0, 0.1) is 0 Å². The standard InChI is InChI=1S/C20H13BrN2O3/c21-16-7-8-18-22-17(10-19(24)23(18)11-16)12-26-20(25)15-6-5-13-3-1-2-4-14(13)9-15/h1-11H,12H2. The van der Waals surface area contributed by atoms with Gasteiger partial charge in [-0.3, -0.25) is 9.20 Å². The van der Waals surface area contributed by atoms with E-state index in [1.54, 1.807) is 30.5 Å². The molecule has 0 aliphatic rings. The number of halogens is 1. The van der Waals surface area contributed by atoms with Crippen LogP contribution in [0.2, 0.25) is 0 Å². The fraction of sp³-hybridized carbons (Fsp3) is 0.0500. The van der Waals surface area contributed by atoms with Crippen LogP contribution in [0.4, 0.5) is 0 Å². The predicted octanol–water partition coefficient (Wildman–Crippen LogP) is 3.97. The summed E-state index contributed by atoms with van der Waals surface area (Å²) in [5.41, 5.74) is 1.14. The van der Waals surface area contributed by atoms with Crippen LogP contribution in [0.3, 0.4) is 0 Å². The summed E-state index contributed by atoms with van der Waals surface area (Å²) >= 11 is 3.32. The maximum absolute atomic E-state index is 12.3. The SMILES string of the molecule is O=C(OCc1cc(=O)n2cc(Br)ccc2n1)c1ccc2ccccc2c1. The third kappa shape index (κ3) is 3.23. The van der Waals surface area contributed by atoms with E-state index in [4.69, 9.17) is 4.74 Å². The van der Waals surface area contributed by atoms with Gasteiger partial charge < -0.3 is 4.74 Å². The number of carbonyl (C=O) groups is 1. The van der Waals surface area contributed by atoms with E-state index in [1.165, 1.54) is 10.5 Å². The molecule has 0 aliphatic carbocycles. The first-order valence-corrected chi connectivity index (χ1v) is 8.73. The summed E-state index contributed by atoms with van der Waals surface area (Å²) < 4.78 is 7.54. The number of ether oxygens (including phenoxy) is 1. The number of esters is 1. The largest absolute Gasteiger partial charge is 0.456 e. The number of hydrogen-bond donors (Lipinski definition) is 0. The molecule has 0 aliphatic heterocycles. The number of carbonyl (C=O) groups excluding carboxylic acids is 1. The van der Waals surface area contributed by atoms with E-state index in [-0.39, 0.29) is 12.2 Å². The Kier molecular flexibility index (Phi) is 4.26. The molecule has 0 saturated heterocycles. The van der Waals surface area contributed by atoms with Crippen LogP contribution in [0.15, 0.2) is 76.1 Å². The fourth-order valence-corrected chi connectivity index (χ4v) is 3.08. The molecule has 5 nitrogen and oxygen atoms in total. The monoisotopic (exact) mass is 408 g/mol.